The molecule has 0 saturated carbocycles. The maximum atomic E-state index is 8.18. The topological polar surface area (TPSA) is 33.5 Å². The van der Waals surface area contributed by atoms with Crippen LogP contribution >= 0.6 is 0 Å². The van der Waals surface area contributed by atoms with Gasteiger partial charge in [-0.25, -0.2) is 4.98 Å². The number of nitrogens with zero attached hydrogens (tertiary/aromatic N) is 4. The molecule has 2 aliphatic carbocycles. The number of para-hydroxylation sites is 4. The van der Waals surface area contributed by atoms with E-state index in [1.165, 1.54) is 55.6 Å². The van der Waals surface area contributed by atoms with Crippen LogP contribution in [0.5, 0.6) is 11.5 Å². The summed E-state index contributed by atoms with van der Waals surface area (Å²) in [5.74, 6) is 1.47. The van der Waals surface area contributed by atoms with E-state index in [0.717, 1.165) is 66.8 Å². The zero-order valence-electron chi connectivity index (χ0n) is 52.0. The maximum absolute atomic E-state index is 8.18. The van der Waals surface area contributed by atoms with E-state index in [0.29, 0.717) is 17.3 Å². The number of aromatic nitrogens is 2. The second kappa shape index (κ2) is 19.9. The molecule has 0 fully saturated rings. The van der Waals surface area contributed by atoms with Crippen molar-refractivity contribution in [1.29, 1.82) is 0 Å². The first-order valence-corrected chi connectivity index (χ1v) is 29.2. The van der Waals surface area contributed by atoms with Crippen molar-refractivity contribution >= 4 is 44.6 Å². The van der Waals surface area contributed by atoms with Gasteiger partial charge in [0.1, 0.15) is 5.82 Å². The predicted octanol–water partition coefficient (Wildman–Crippen LogP) is 20.2. The molecule has 0 atom stereocenters. The summed E-state index contributed by atoms with van der Waals surface area (Å²) in [5.41, 5.74) is 22.2. The maximum Gasteiger partial charge on any atom is 0.135 e. The van der Waals surface area contributed by atoms with Crippen LogP contribution in [0.25, 0.3) is 61.0 Å². The van der Waals surface area contributed by atoms with Crippen LogP contribution in [-0.4, -0.2) is 9.55 Å². The Morgan fingerprint density at radius 1 is 0.506 bits per heavy atom. The zero-order chi connectivity index (χ0) is 59.9. The van der Waals surface area contributed by atoms with Gasteiger partial charge in [-0.05, 0) is 126 Å². The molecule has 12 aromatic rings. The van der Waals surface area contributed by atoms with E-state index >= 15 is 0 Å². The van der Waals surface area contributed by atoms with Crippen molar-refractivity contribution in [3.05, 3.63) is 293 Å². The van der Waals surface area contributed by atoms with Gasteiger partial charge in [0, 0.05) is 82.0 Å². The van der Waals surface area contributed by atoms with E-state index in [-0.39, 0.29) is 42.9 Å². The second-order valence-electron chi connectivity index (χ2n) is 25.4. The molecule has 5 nitrogen and oxygen atoms in total. The van der Waals surface area contributed by atoms with Crippen molar-refractivity contribution in [2.24, 2.45) is 0 Å². The molecular weight excluding hydrogens is 1220 g/mol. The molecule has 85 heavy (non-hydrogen) atoms. The molecule has 0 bridgehead atoms. The van der Waals surface area contributed by atoms with E-state index in [2.05, 4.69) is 253 Å². The summed E-state index contributed by atoms with van der Waals surface area (Å²) in [6.07, 6.45) is 1.55. The molecule has 0 amide bonds. The third-order valence-electron chi connectivity index (χ3n) is 18.0. The summed E-state index contributed by atoms with van der Waals surface area (Å²) in [7, 11) is 0. The third kappa shape index (κ3) is 8.40. The SMILES string of the molecule is [2H]C([2H])([2H])c1ccnc(-n2c3[c-]c(Oc4[c-]c(N5[CH-]N(c6c(-c7cc(C(C)(C)C)cc(C(C)(C)C)c7)cccc6-c6cccc7c6-c6ccccc6C76c7ccccc7C(C)(C)c7ccccc76)c6ccccc65)ccc4)ccc3c3ccccc32)c1.[Pt]. The first-order valence-electron chi connectivity index (χ1n) is 30.7. The van der Waals surface area contributed by atoms with Gasteiger partial charge in [0.05, 0.1) is 5.41 Å². The van der Waals surface area contributed by atoms with Crippen LogP contribution in [0.4, 0.5) is 22.7 Å². The molecule has 1 aliphatic heterocycles. The van der Waals surface area contributed by atoms with Gasteiger partial charge in [-0.2, -0.15) is 12.1 Å². The number of benzene rings is 10. The normalized spacial score (nSPS) is 15.1. The van der Waals surface area contributed by atoms with E-state index in [1.807, 2.05) is 47.0 Å². The minimum atomic E-state index is -2.30. The minimum absolute atomic E-state index is 0. The Labute approximate surface area is 518 Å². The molecule has 2 aromatic heterocycles. The zero-order valence-corrected chi connectivity index (χ0v) is 51.2. The van der Waals surface area contributed by atoms with E-state index in [4.69, 9.17) is 8.85 Å². The van der Waals surface area contributed by atoms with E-state index in [9.17, 15) is 0 Å². The molecule has 3 heterocycles. The number of rotatable bonds is 7. The van der Waals surface area contributed by atoms with Crippen molar-refractivity contribution in [1.82, 2.24) is 9.55 Å². The van der Waals surface area contributed by atoms with Crippen molar-refractivity contribution in [2.45, 2.75) is 83.9 Å². The summed E-state index contributed by atoms with van der Waals surface area (Å²) >= 11 is 0. The van der Waals surface area contributed by atoms with Crippen LogP contribution in [0.3, 0.4) is 0 Å². The molecular formula is C79H65N4OPt-3. The molecule has 420 valence electrons. The fourth-order valence-electron chi connectivity index (χ4n) is 14.0. The third-order valence-corrected chi connectivity index (χ3v) is 18.0. The number of aryl methyl sites for hydroxylation is 1. The Morgan fingerprint density at radius 3 is 1.80 bits per heavy atom. The number of hydrogen-bond acceptors (Lipinski definition) is 4. The number of anilines is 4. The van der Waals surface area contributed by atoms with Gasteiger partial charge >= 0.3 is 0 Å². The van der Waals surface area contributed by atoms with Crippen LogP contribution < -0.4 is 14.5 Å². The fourth-order valence-corrected chi connectivity index (χ4v) is 14.0. The fraction of sp³-hybridized carbons (Fsp3) is 0.165. The van der Waals surface area contributed by atoms with Crippen LogP contribution in [-0.2, 0) is 42.7 Å². The summed E-state index contributed by atoms with van der Waals surface area (Å²) < 4.78 is 33.3. The van der Waals surface area contributed by atoms with Crippen LogP contribution in [0.15, 0.2) is 225 Å². The predicted molar refractivity (Wildman–Crippen MR) is 347 cm³/mol. The Morgan fingerprint density at radius 2 is 1.08 bits per heavy atom. The van der Waals surface area contributed by atoms with Crippen LogP contribution in [0, 0.1) is 25.7 Å². The number of ether oxygens (including phenoxy) is 1. The number of hydrogen-bond donors (Lipinski definition) is 0. The van der Waals surface area contributed by atoms with Crippen molar-refractivity contribution in [2.75, 3.05) is 9.80 Å². The quantitative estimate of drug-likeness (QED) is 0.149. The van der Waals surface area contributed by atoms with Gasteiger partial charge in [-0.3, -0.25) is 0 Å². The Balaban J connectivity index is 0.00000680. The molecule has 1 spiro atoms. The van der Waals surface area contributed by atoms with E-state index in [1.54, 1.807) is 18.3 Å². The first kappa shape index (κ1) is 50.7. The standard InChI is InChI=1S/C79H65N4O.Pt/c1-50-41-42-80-73(43-50)83-69-36-17-11-25-58(69)59-40-39-56(48-72(59)83)84-55-24-20-23-54(47-55)81-49-82(71-38-19-18-37-70(71)81)75-57(51-44-52(76(2,3)4)46-53(45-51)77(5,6)7)27-21-29-61(75)60-28-22-35-68-74(60)62-26-10-12-30-63(62)79(68)66-33-15-13-31-64(66)78(8,9)65-32-14-16-34-67(65)79;/h10-46,49H,1-9H3;/q-3;/i1D3;. The van der Waals surface area contributed by atoms with Gasteiger partial charge in [0.2, 0.25) is 0 Å². The van der Waals surface area contributed by atoms with Gasteiger partial charge < -0.3 is 19.1 Å². The first-order chi connectivity index (χ1) is 41.8. The summed E-state index contributed by atoms with van der Waals surface area (Å²) in [5, 5.41) is 1.94. The van der Waals surface area contributed by atoms with Gasteiger partial charge in [0.25, 0.3) is 0 Å². The Hall–Kier alpha value is -8.76. The number of pyridine rings is 1. The van der Waals surface area contributed by atoms with Crippen molar-refractivity contribution in [3.63, 3.8) is 0 Å². The average Bonchev–Trinajstić information content (AvgIpc) is 1.45. The van der Waals surface area contributed by atoms with Crippen molar-refractivity contribution in [3.8, 4) is 50.7 Å². The molecule has 0 unspecified atom stereocenters. The smallest absolute Gasteiger partial charge is 0.135 e. The minimum Gasteiger partial charge on any atom is -0.509 e. The van der Waals surface area contributed by atoms with Crippen molar-refractivity contribution < 1.29 is 29.9 Å². The Bertz CT molecular complexity index is 4710. The van der Waals surface area contributed by atoms with Crippen LogP contribution in [0.2, 0.25) is 0 Å². The molecule has 15 rings (SSSR count). The molecule has 0 N–H and O–H groups in total. The van der Waals surface area contributed by atoms with Gasteiger partial charge in [-0.1, -0.05) is 219 Å². The molecule has 10 aromatic carbocycles. The summed E-state index contributed by atoms with van der Waals surface area (Å²) in [6.45, 7) is 18.6. The Kier molecular flexibility index (Phi) is 11.9. The van der Waals surface area contributed by atoms with E-state index < -0.39 is 12.3 Å². The van der Waals surface area contributed by atoms with Gasteiger partial charge in [0.15, 0.2) is 0 Å². The van der Waals surface area contributed by atoms with Gasteiger partial charge in [-0.15, -0.1) is 48.1 Å². The molecule has 6 heteroatoms. The van der Waals surface area contributed by atoms with Crippen LogP contribution in [0.1, 0.15) is 110 Å². The largest absolute Gasteiger partial charge is 0.509 e. The second-order valence-corrected chi connectivity index (χ2v) is 25.4. The number of fused-ring (bicyclic) bond motifs is 13. The monoisotopic (exact) mass is 1280 g/mol. The average molecular weight is 1280 g/mol. The summed E-state index contributed by atoms with van der Waals surface area (Å²) in [4.78, 5) is 9.30. The molecule has 0 radical (unpaired) electrons. The summed E-state index contributed by atoms with van der Waals surface area (Å²) in [6, 6.07) is 85.8. The molecule has 3 aliphatic rings. The molecule has 0 saturated heterocycles.